The smallest absolute Gasteiger partial charge is 0.250 e. The van der Waals surface area contributed by atoms with E-state index in [0.717, 1.165) is 28.5 Å². The Balaban J connectivity index is 1.60. The molecule has 10 heteroatoms. The molecule has 0 aliphatic carbocycles. The van der Waals surface area contributed by atoms with Crippen molar-refractivity contribution in [1.82, 2.24) is 14.9 Å². The summed E-state index contributed by atoms with van der Waals surface area (Å²) >= 11 is 5.91. The quantitative estimate of drug-likeness (QED) is 0.262. The highest BCUT2D eigenvalue weighted by Gasteiger charge is 2.42. The summed E-state index contributed by atoms with van der Waals surface area (Å²) < 4.78 is 18.3. The molecule has 4 aromatic rings. The van der Waals surface area contributed by atoms with Crippen molar-refractivity contribution in [3.05, 3.63) is 96.6 Å². The summed E-state index contributed by atoms with van der Waals surface area (Å²) in [5.74, 6) is 1.06. The lowest BCUT2D eigenvalue weighted by molar-refractivity contribution is -0.119. The number of hydrogen-bond acceptors (Lipinski definition) is 6. The number of carbonyl (C=O) groups excluding carboxylic acids is 1. The molecular weight excluding hydrogens is 526 g/mol. The lowest BCUT2D eigenvalue weighted by atomic mass is 10.0. The summed E-state index contributed by atoms with van der Waals surface area (Å²) in [4.78, 5) is 19.1. The van der Waals surface area contributed by atoms with Gasteiger partial charge in [0.15, 0.2) is 5.11 Å². The number of anilines is 2. The molecule has 9 nitrogen and oxygen atoms in total. The van der Waals surface area contributed by atoms with Crippen LogP contribution >= 0.6 is 12.2 Å². The molecular formula is C30H31N5O4S. The number of amides is 1. The van der Waals surface area contributed by atoms with Gasteiger partial charge in [0, 0.05) is 36.6 Å². The number of nitrogens with zero attached hydrogens (tertiary/aromatic N) is 3. The Morgan fingerprint density at radius 3 is 2.55 bits per heavy atom. The molecule has 1 amide bonds. The van der Waals surface area contributed by atoms with Crippen molar-refractivity contribution in [3.63, 3.8) is 0 Å². The van der Waals surface area contributed by atoms with Gasteiger partial charge in [-0.2, -0.15) is 0 Å². The maximum Gasteiger partial charge on any atom is 0.250 e. The molecule has 0 unspecified atom stereocenters. The maximum atomic E-state index is 12.4. The van der Waals surface area contributed by atoms with Gasteiger partial charge >= 0.3 is 0 Å². The van der Waals surface area contributed by atoms with E-state index in [9.17, 15) is 4.79 Å². The number of carbonyl (C=O) groups is 1. The van der Waals surface area contributed by atoms with E-state index in [4.69, 9.17) is 26.4 Å². The first-order chi connectivity index (χ1) is 19.5. The van der Waals surface area contributed by atoms with E-state index in [0.29, 0.717) is 23.2 Å². The Labute approximate surface area is 238 Å². The normalized spacial score (nSPS) is 16.5. The van der Waals surface area contributed by atoms with E-state index in [2.05, 4.69) is 31.2 Å². The second kappa shape index (κ2) is 12.2. The molecule has 1 aliphatic heterocycles. The molecule has 1 fully saturated rings. The highest BCUT2D eigenvalue weighted by Crippen LogP contribution is 2.43. The van der Waals surface area contributed by atoms with Gasteiger partial charge in [0.05, 0.1) is 31.1 Å². The highest BCUT2D eigenvalue weighted by atomic mass is 32.1. The Bertz CT molecular complexity index is 1480. The number of rotatable bonds is 10. The molecule has 2 atom stereocenters. The molecule has 0 saturated carbocycles. The Morgan fingerprint density at radius 2 is 1.85 bits per heavy atom. The average Bonchev–Trinajstić information content (AvgIpc) is 3.58. The SMILES string of the molecule is CCOc1ccc(-n2cccc2[C@H]2[C@H](c3ccccn3)NC(=S)N2c2ccc(OC)c(NC(=O)COC)c2)cc1. The van der Waals surface area contributed by atoms with Crippen LogP contribution in [0.3, 0.4) is 0 Å². The van der Waals surface area contributed by atoms with Crippen molar-refractivity contribution >= 4 is 34.6 Å². The van der Waals surface area contributed by atoms with E-state index in [1.165, 1.54) is 7.11 Å². The summed E-state index contributed by atoms with van der Waals surface area (Å²) in [5.41, 5.74) is 4.16. The van der Waals surface area contributed by atoms with E-state index in [1.54, 1.807) is 13.3 Å². The van der Waals surface area contributed by atoms with Crippen LogP contribution in [0.5, 0.6) is 11.5 Å². The molecule has 0 spiro atoms. The van der Waals surface area contributed by atoms with Crippen molar-refractivity contribution in [2.75, 3.05) is 37.7 Å². The fourth-order valence-corrected chi connectivity index (χ4v) is 5.28. The van der Waals surface area contributed by atoms with E-state index in [1.807, 2.05) is 79.9 Å². The number of nitrogens with one attached hydrogen (secondary N) is 2. The van der Waals surface area contributed by atoms with Crippen LogP contribution in [0.1, 0.15) is 30.4 Å². The molecule has 5 rings (SSSR count). The largest absolute Gasteiger partial charge is 0.495 e. The van der Waals surface area contributed by atoms with Crippen molar-refractivity contribution in [2.24, 2.45) is 0 Å². The minimum atomic E-state index is -0.285. The van der Waals surface area contributed by atoms with Crippen LogP contribution in [0, 0.1) is 0 Å². The number of benzene rings is 2. The number of ether oxygens (including phenoxy) is 3. The predicted molar refractivity (Wildman–Crippen MR) is 158 cm³/mol. The van der Waals surface area contributed by atoms with Crippen LogP contribution in [0.4, 0.5) is 11.4 Å². The topological polar surface area (TPSA) is 89.9 Å². The third-order valence-electron chi connectivity index (χ3n) is 6.62. The Morgan fingerprint density at radius 1 is 1.05 bits per heavy atom. The van der Waals surface area contributed by atoms with Crippen LogP contribution < -0.4 is 25.0 Å². The van der Waals surface area contributed by atoms with E-state index >= 15 is 0 Å². The summed E-state index contributed by atoms with van der Waals surface area (Å²) in [6.07, 6.45) is 3.81. The van der Waals surface area contributed by atoms with Gasteiger partial charge in [-0.05, 0) is 85.9 Å². The molecule has 1 saturated heterocycles. The van der Waals surface area contributed by atoms with Crippen LogP contribution in [0.15, 0.2) is 85.2 Å². The molecule has 40 heavy (non-hydrogen) atoms. The van der Waals surface area contributed by atoms with Gasteiger partial charge in [-0.25, -0.2) is 0 Å². The lowest BCUT2D eigenvalue weighted by Crippen LogP contribution is -2.30. The minimum absolute atomic E-state index is 0.0724. The molecule has 0 bridgehead atoms. The average molecular weight is 558 g/mol. The van der Waals surface area contributed by atoms with Gasteiger partial charge in [0.2, 0.25) is 5.91 Å². The second-order valence-electron chi connectivity index (χ2n) is 9.09. The molecule has 3 heterocycles. The molecule has 2 aromatic carbocycles. The van der Waals surface area contributed by atoms with Crippen LogP contribution in [0.2, 0.25) is 0 Å². The zero-order chi connectivity index (χ0) is 28.1. The monoisotopic (exact) mass is 557 g/mol. The second-order valence-corrected chi connectivity index (χ2v) is 9.48. The van der Waals surface area contributed by atoms with E-state index in [-0.39, 0.29) is 24.6 Å². The fourth-order valence-electron chi connectivity index (χ4n) is 4.93. The lowest BCUT2D eigenvalue weighted by Gasteiger charge is -2.29. The summed E-state index contributed by atoms with van der Waals surface area (Å²) in [6, 6.07) is 23.1. The first-order valence-corrected chi connectivity index (χ1v) is 13.3. The van der Waals surface area contributed by atoms with E-state index < -0.39 is 0 Å². The maximum absolute atomic E-state index is 12.4. The fraction of sp³-hybridized carbons (Fsp3) is 0.233. The predicted octanol–water partition coefficient (Wildman–Crippen LogP) is 5.04. The molecule has 0 radical (unpaired) electrons. The summed E-state index contributed by atoms with van der Waals surface area (Å²) in [7, 11) is 3.04. The van der Waals surface area contributed by atoms with Crippen molar-refractivity contribution in [1.29, 1.82) is 0 Å². The molecule has 2 N–H and O–H groups in total. The van der Waals surface area contributed by atoms with Crippen molar-refractivity contribution in [2.45, 2.75) is 19.0 Å². The van der Waals surface area contributed by atoms with Crippen molar-refractivity contribution < 1.29 is 19.0 Å². The zero-order valence-corrected chi connectivity index (χ0v) is 23.4. The minimum Gasteiger partial charge on any atom is -0.495 e. The highest BCUT2D eigenvalue weighted by molar-refractivity contribution is 7.80. The zero-order valence-electron chi connectivity index (χ0n) is 22.5. The number of methoxy groups -OCH3 is 2. The number of thiocarbonyl (C=S) groups is 1. The summed E-state index contributed by atoms with van der Waals surface area (Å²) in [6.45, 7) is 2.50. The number of hydrogen-bond donors (Lipinski definition) is 2. The van der Waals surface area contributed by atoms with Crippen LogP contribution in [0.25, 0.3) is 5.69 Å². The number of pyridine rings is 1. The van der Waals surface area contributed by atoms with Gasteiger partial charge < -0.3 is 34.3 Å². The Hall–Kier alpha value is -4.41. The first kappa shape index (κ1) is 27.2. The first-order valence-electron chi connectivity index (χ1n) is 12.9. The molecule has 1 aliphatic rings. The van der Waals surface area contributed by atoms with Crippen molar-refractivity contribution in [3.8, 4) is 17.2 Å². The third kappa shape index (κ3) is 5.49. The summed E-state index contributed by atoms with van der Waals surface area (Å²) in [5, 5.41) is 6.91. The number of aromatic nitrogens is 2. The van der Waals surface area contributed by atoms with Gasteiger partial charge in [-0.1, -0.05) is 6.07 Å². The van der Waals surface area contributed by atoms with Gasteiger partial charge in [0.25, 0.3) is 0 Å². The molecule has 206 valence electrons. The van der Waals surface area contributed by atoms with Crippen LogP contribution in [-0.2, 0) is 9.53 Å². The van der Waals surface area contributed by atoms with Gasteiger partial charge in [0.1, 0.15) is 24.1 Å². The molecule has 2 aromatic heterocycles. The standard InChI is InChI=1S/C30H31N5O4S/c1-4-39-22-13-10-20(11-14-22)34-17-7-9-25(34)29-28(23-8-5-6-16-31-23)33-30(40)35(29)21-12-15-26(38-3)24(18-21)32-27(36)19-37-2/h5-18,28-29H,4,19H2,1-3H3,(H,32,36)(H,33,40)/t28-,29-/m0/s1. The Kier molecular flexibility index (Phi) is 8.28. The van der Waals surface area contributed by atoms with Gasteiger partial charge in [-0.3, -0.25) is 9.78 Å². The van der Waals surface area contributed by atoms with Crippen LogP contribution in [-0.4, -0.2) is 48.0 Å². The third-order valence-corrected chi connectivity index (χ3v) is 6.93. The van der Waals surface area contributed by atoms with Gasteiger partial charge in [-0.15, -0.1) is 0 Å².